The zero-order chi connectivity index (χ0) is 13.6. The van der Waals surface area contributed by atoms with Crippen LogP contribution in [0.1, 0.15) is 65.7 Å². The summed E-state index contributed by atoms with van der Waals surface area (Å²) in [5, 5.41) is 3.31. The Kier molecular flexibility index (Phi) is 6.65. The summed E-state index contributed by atoms with van der Waals surface area (Å²) in [6, 6.07) is 1.52. The van der Waals surface area contributed by atoms with Crippen LogP contribution in [0.4, 0.5) is 0 Å². The minimum absolute atomic E-state index is 0.597. The molecule has 0 aromatic carbocycles. The molecular weight excluding hydrogens is 220 g/mol. The van der Waals surface area contributed by atoms with E-state index in [0.29, 0.717) is 11.5 Å². The summed E-state index contributed by atoms with van der Waals surface area (Å²) >= 11 is 0. The third kappa shape index (κ3) is 5.71. The second kappa shape index (κ2) is 7.49. The largest absolute Gasteiger partial charge is 0.317 e. The van der Waals surface area contributed by atoms with Gasteiger partial charge in [-0.05, 0) is 71.5 Å². The van der Waals surface area contributed by atoms with E-state index in [2.05, 4.69) is 45.1 Å². The lowest BCUT2D eigenvalue weighted by atomic mass is 9.75. The lowest BCUT2D eigenvalue weighted by molar-refractivity contribution is 0.126. The van der Waals surface area contributed by atoms with Gasteiger partial charge in [-0.15, -0.1) is 0 Å². The first-order valence-electron chi connectivity index (χ1n) is 7.82. The minimum atomic E-state index is 0.597. The van der Waals surface area contributed by atoms with Crippen molar-refractivity contribution in [2.45, 2.75) is 77.8 Å². The maximum absolute atomic E-state index is 3.31. The first kappa shape index (κ1) is 16.0. The molecule has 1 aliphatic rings. The standard InChI is InChI=1S/C16H34N2/c1-14(17-4)8-6-7-13-18(5)15-9-11-16(2,3)12-10-15/h14-15,17H,6-13H2,1-5H3. The molecule has 2 nitrogen and oxygen atoms in total. The van der Waals surface area contributed by atoms with Crippen LogP contribution in [-0.4, -0.2) is 37.6 Å². The summed E-state index contributed by atoms with van der Waals surface area (Å²) in [6.07, 6.45) is 9.61. The summed E-state index contributed by atoms with van der Waals surface area (Å²) in [6.45, 7) is 8.39. The van der Waals surface area contributed by atoms with Crippen molar-refractivity contribution in [2.75, 3.05) is 20.6 Å². The van der Waals surface area contributed by atoms with Crippen LogP contribution in [-0.2, 0) is 0 Å². The van der Waals surface area contributed by atoms with Gasteiger partial charge in [-0.1, -0.05) is 20.3 Å². The summed E-state index contributed by atoms with van der Waals surface area (Å²) in [5.41, 5.74) is 0.597. The second-order valence-corrected chi connectivity index (χ2v) is 7.06. The molecule has 0 saturated heterocycles. The van der Waals surface area contributed by atoms with Gasteiger partial charge in [0.2, 0.25) is 0 Å². The molecule has 0 aromatic rings. The van der Waals surface area contributed by atoms with Gasteiger partial charge in [0, 0.05) is 12.1 Å². The van der Waals surface area contributed by atoms with Crippen molar-refractivity contribution >= 4 is 0 Å². The Morgan fingerprint density at radius 3 is 2.39 bits per heavy atom. The van der Waals surface area contributed by atoms with Crippen molar-refractivity contribution in [3.63, 3.8) is 0 Å². The van der Waals surface area contributed by atoms with Crippen LogP contribution in [0.2, 0.25) is 0 Å². The van der Waals surface area contributed by atoms with Crippen LogP contribution < -0.4 is 5.32 Å². The van der Waals surface area contributed by atoms with E-state index in [-0.39, 0.29) is 0 Å². The number of nitrogens with zero attached hydrogens (tertiary/aromatic N) is 1. The summed E-state index contributed by atoms with van der Waals surface area (Å²) in [5.74, 6) is 0. The Labute approximate surface area is 115 Å². The summed E-state index contributed by atoms with van der Waals surface area (Å²) in [7, 11) is 4.38. The molecular formula is C16H34N2. The molecule has 0 bridgehead atoms. The van der Waals surface area contributed by atoms with Crippen LogP contribution in [0.3, 0.4) is 0 Å². The lowest BCUT2D eigenvalue weighted by Gasteiger charge is -2.38. The van der Waals surface area contributed by atoms with Gasteiger partial charge in [0.1, 0.15) is 0 Å². The number of hydrogen-bond donors (Lipinski definition) is 1. The third-order valence-corrected chi connectivity index (χ3v) is 4.82. The molecule has 1 fully saturated rings. The van der Waals surface area contributed by atoms with E-state index in [4.69, 9.17) is 0 Å². The van der Waals surface area contributed by atoms with Crippen molar-refractivity contribution < 1.29 is 0 Å². The highest BCUT2D eigenvalue weighted by Crippen LogP contribution is 2.36. The highest BCUT2D eigenvalue weighted by molar-refractivity contribution is 4.82. The smallest absolute Gasteiger partial charge is 0.00926 e. The topological polar surface area (TPSA) is 15.3 Å². The Morgan fingerprint density at radius 2 is 1.83 bits per heavy atom. The number of nitrogens with one attached hydrogen (secondary N) is 1. The van der Waals surface area contributed by atoms with E-state index in [0.717, 1.165) is 6.04 Å². The van der Waals surface area contributed by atoms with Crippen LogP contribution in [0.25, 0.3) is 0 Å². The molecule has 1 atom stereocenters. The van der Waals surface area contributed by atoms with Crippen LogP contribution in [0, 0.1) is 5.41 Å². The number of rotatable bonds is 7. The maximum atomic E-state index is 3.31. The van der Waals surface area contributed by atoms with Gasteiger partial charge in [-0.2, -0.15) is 0 Å². The van der Waals surface area contributed by atoms with Crippen molar-refractivity contribution in [3.05, 3.63) is 0 Å². The molecule has 0 heterocycles. The fourth-order valence-corrected chi connectivity index (χ4v) is 2.96. The fourth-order valence-electron chi connectivity index (χ4n) is 2.96. The van der Waals surface area contributed by atoms with Gasteiger partial charge in [-0.3, -0.25) is 0 Å². The molecule has 1 aliphatic carbocycles. The quantitative estimate of drug-likeness (QED) is 0.697. The molecule has 108 valence electrons. The Hall–Kier alpha value is -0.0800. The van der Waals surface area contributed by atoms with Gasteiger partial charge in [0.05, 0.1) is 0 Å². The molecule has 1 N–H and O–H groups in total. The van der Waals surface area contributed by atoms with Crippen molar-refractivity contribution in [1.82, 2.24) is 10.2 Å². The van der Waals surface area contributed by atoms with E-state index in [1.54, 1.807) is 0 Å². The molecule has 1 unspecified atom stereocenters. The van der Waals surface area contributed by atoms with E-state index in [1.807, 2.05) is 0 Å². The van der Waals surface area contributed by atoms with Crippen LogP contribution >= 0.6 is 0 Å². The molecule has 2 heteroatoms. The fraction of sp³-hybridized carbons (Fsp3) is 1.00. The predicted octanol–water partition coefficient (Wildman–Crippen LogP) is 3.67. The van der Waals surface area contributed by atoms with Gasteiger partial charge >= 0.3 is 0 Å². The van der Waals surface area contributed by atoms with Gasteiger partial charge < -0.3 is 10.2 Å². The third-order valence-electron chi connectivity index (χ3n) is 4.82. The molecule has 0 spiro atoms. The van der Waals surface area contributed by atoms with Gasteiger partial charge in [0.15, 0.2) is 0 Å². The monoisotopic (exact) mass is 254 g/mol. The molecule has 0 aliphatic heterocycles. The van der Waals surface area contributed by atoms with Crippen LogP contribution in [0.15, 0.2) is 0 Å². The molecule has 1 rings (SSSR count). The SMILES string of the molecule is CNC(C)CCCCN(C)C1CCC(C)(C)CC1. The predicted molar refractivity (Wildman–Crippen MR) is 81.0 cm³/mol. The molecule has 0 amide bonds. The molecule has 0 radical (unpaired) electrons. The van der Waals surface area contributed by atoms with E-state index < -0.39 is 0 Å². The average molecular weight is 254 g/mol. The number of unbranched alkanes of at least 4 members (excludes halogenated alkanes) is 1. The van der Waals surface area contributed by atoms with E-state index in [9.17, 15) is 0 Å². The normalized spacial score (nSPS) is 22.3. The lowest BCUT2D eigenvalue weighted by Crippen LogP contribution is -2.37. The van der Waals surface area contributed by atoms with Gasteiger partial charge in [0.25, 0.3) is 0 Å². The van der Waals surface area contributed by atoms with E-state index >= 15 is 0 Å². The first-order valence-corrected chi connectivity index (χ1v) is 7.82. The van der Waals surface area contributed by atoms with Gasteiger partial charge in [-0.25, -0.2) is 0 Å². The van der Waals surface area contributed by atoms with Crippen LogP contribution in [0.5, 0.6) is 0 Å². The first-order chi connectivity index (χ1) is 8.44. The van der Waals surface area contributed by atoms with Crippen molar-refractivity contribution in [1.29, 1.82) is 0 Å². The molecule has 1 saturated carbocycles. The zero-order valence-corrected chi connectivity index (χ0v) is 13.3. The Bertz CT molecular complexity index is 215. The molecule has 18 heavy (non-hydrogen) atoms. The van der Waals surface area contributed by atoms with Crippen molar-refractivity contribution in [3.8, 4) is 0 Å². The average Bonchev–Trinajstić information content (AvgIpc) is 2.33. The zero-order valence-electron chi connectivity index (χ0n) is 13.3. The highest BCUT2D eigenvalue weighted by Gasteiger charge is 2.28. The number of hydrogen-bond acceptors (Lipinski definition) is 2. The summed E-state index contributed by atoms with van der Waals surface area (Å²) < 4.78 is 0. The minimum Gasteiger partial charge on any atom is -0.317 e. The second-order valence-electron chi connectivity index (χ2n) is 7.06. The van der Waals surface area contributed by atoms with E-state index in [1.165, 1.54) is 51.5 Å². The Balaban J connectivity index is 2.12. The van der Waals surface area contributed by atoms with Crippen molar-refractivity contribution in [2.24, 2.45) is 5.41 Å². The highest BCUT2D eigenvalue weighted by atomic mass is 15.1. The molecule has 0 aromatic heterocycles. The maximum Gasteiger partial charge on any atom is 0.00926 e. The Morgan fingerprint density at radius 1 is 1.22 bits per heavy atom. The summed E-state index contributed by atoms with van der Waals surface area (Å²) in [4.78, 5) is 2.61.